The Labute approximate surface area is 150 Å². The molecule has 1 heterocycles. The minimum Gasteiger partial charge on any atom is -0.374 e. The number of para-hydroxylation sites is 2. The van der Waals surface area contributed by atoms with E-state index in [1.807, 2.05) is 20.8 Å². The van der Waals surface area contributed by atoms with E-state index in [-0.39, 0.29) is 0 Å². The molecule has 0 saturated carbocycles. The Morgan fingerprint density at radius 2 is 1.16 bits per heavy atom. The average molecular weight is 358 g/mol. The smallest absolute Gasteiger partial charge is 0.374 e. The van der Waals surface area contributed by atoms with Crippen LogP contribution < -0.4 is 0 Å². The monoisotopic (exact) mass is 357 g/mol. The fraction of sp³-hybridized carbons (Fsp3) is 0.400. The van der Waals surface area contributed by atoms with E-state index in [1.165, 1.54) is 21.8 Å². The first-order chi connectivity index (χ1) is 12.2. The van der Waals surface area contributed by atoms with Crippen molar-refractivity contribution in [3.05, 3.63) is 48.5 Å². The van der Waals surface area contributed by atoms with Crippen molar-refractivity contribution >= 4 is 30.6 Å². The number of benzene rings is 2. The van der Waals surface area contributed by atoms with Gasteiger partial charge in [-0.1, -0.05) is 36.4 Å². The van der Waals surface area contributed by atoms with Gasteiger partial charge in [-0.15, -0.1) is 0 Å². The summed E-state index contributed by atoms with van der Waals surface area (Å²) in [7, 11) is -2.65. The van der Waals surface area contributed by atoms with Crippen molar-refractivity contribution < 1.29 is 13.3 Å². The molecule has 0 aliphatic carbocycles. The summed E-state index contributed by atoms with van der Waals surface area (Å²) < 4.78 is 20.4. The highest BCUT2D eigenvalue weighted by Gasteiger charge is 2.40. The first-order valence-electron chi connectivity index (χ1n) is 9.12. The van der Waals surface area contributed by atoms with Gasteiger partial charge in [-0.05, 0) is 32.9 Å². The lowest BCUT2D eigenvalue weighted by molar-refractivity contribution is 0.0704. The maximum atomic E-state index is 6.01. The molecule has 0 saturated heterocycles. The third-order valence-electron chi connectivity index (χ3n) is 4.41. The Bertz CT molecular complexity index is 760. The van der Waals surface area contributed by atoms with Crippen LogP contribution in [-0.2, 0) is 19.8 Å². The third kappa shape index (κ3) is 3.65. The minimum absolute atomic E-state index is 0.611. The Morgan fingerprint density at radius 3 is 1.60 bits per heavy atom. The van der Waals surface area contributed by atoms with Gasteiger partial charge >= 0.3 is 8.80 Å². The van der Waals surface area contributed by atoms with E-state index in [0.717, 1.165) is 12.6 Å². The van der Waals surface area contributed by atoms with Crippen molar-refractivity contribution in [1.82, 2.24) is 4.57 Å². The second-order valence-electron chi connectivity index (χ2n) is 5.92. The van der Waals surface area contributed by atoms with Crippen molar-refractivity contribution in [2.24, 2.45) is 0 Å². The molecule has 0 aliphatic heterocycles. The van der Waals surface area contributed by atoms with Gasteiger partial charge in [-0.3, -0.25) is 0 Å². The highest BCUT2D eigenvalue weighted by atomic mass is 28.4. The van der Waals surface area contributed by atoms with Gasteiger partial charge in [0, 0.05) is 54.2 Å². The van der Waals surface area contributed by atoms with Gasteiger partial charge in [-0.25, -0.2) is 0 Å². The molecule has 0 bridgehead atoms. The predicted molar refractivity (Wildman–Crippen MR) is 105 cm³/mol. The summed E-state index contributed by atoms with van der Waals surface area (Å²) in [6.45, 7) is 8.65. The fourth-order valence-electron chi connectivity index (χ4n) is 3.49. The second-order valence-corrected chi connectivity index (χ2v) is 8.65. The molecule has 0 fully saturated rings. The number of aromatic nitrogens is 1. The molecule has 0 unspecified atom stereocenters. The molecule has 0 aliphatic rings. The van der Waals surface area contributed by atoms with Crippen LogP contribution in [0.15, 0.2) is 48.5 Å². The van der Waals surface area contributed by atoms with E-state index in [9.17, 15) is 0 Å². The average Bonchev–Trinajstić information content (AvgIpc) is 2.95. The normalized spacial score (nSPS) is 12.3. The lowest BCUT2D eigenvalue weighted by Gasteiger charge is -2.28. The standard InChI is InChI=1S/C20H27NO3Si/c1-4-22-25(23-5-2,24-6-3)16-15-21-19-13-9-7-11-17(19)18-12-8-10-14-20(18)21/h7-14H,4-6,15-16H2,1-3H3. The van der Waals surface area contributed by atoms with Crippen LogP contribution in [0, 0.1) is 0 Å². The molecule has 0 atom stereocenters. The van der Waals surface area contributed by atoms with Crippen molar-refractivity contribution in [3.8, 4) is 0 Å². The summed E-state index contributed by atoms with van der Waals surface area (Å²) in [4.78, 5) is 0. The summed E-state index contributed by atoms with van der Waals surface area (Å²) in [5.74, 6) is 0. The van der Waals surface area contributed by atoms with Crippen LogP contribution in [0.25, 0.3) is 21.8 Å². The van der Waals surface area contributed by atoms with Crippen LogP contribution >= 0.6 is 0 Å². The molecule has 5 heteroatoms. The van der Waals surface area contributed by atoms with Gasteiger partial charge in [0.25, 0.3) is 0 Å². The van der Waals surface area contributed by atoms with Crippen LogP contribution in [0.4, 0.5) is 0 Å². The predicted octanol–water partition coefficient (Wildman–Crippen LogP) is 4.84. The molecule has 134 valence electrons. The number of fused-ring (bicyclic) bond motifs is 3. The Morgan fingerprint density at radius 1 is 0.720 bits per heavy atom. The molecule has 3 rings (SSSR count). The molecular formula is C20H27NO3Si. The zero-order chi connectivity index (χ0) is 17.7. The maximum Gasteiger partial charge on any atom is 0.502 e. The first-order valence-corrected chi connectivity index (χ1v) is 11.1. The maximum absolute atomic E-state index is 6.01. The zero-order valence-corrected chi connectivity index (χ0v) is 16.3. The number of nitrogens with zero attached hydrogens (tertiary/aromatic N) is 1. The molecule has 25 heavy (non-hydrogen) atoms. The van der Waals surface area contributed by atoms with Crippen molar-refractivity contribution in [2.75, 3.05) is 19.8 Å². The summed E-state index contributed by atoms with van der Waals surface area (Å²) in [6, 6.07) is 17.9. The van der Waals surface area contributed by atoms with Gasteiger partial charge in [-0.2, -0.15) is 0 Å². The topological polar surface area (TPSA) is 32.6 Å². The lowest BCUT2D eigenvalue weighted by Crippen LogP contribution is -2.46. The molecule has 2 aromatic carbocycles. The largest absolute Gasteiger partial charge is 0.502 e. The van der Waals surface area contributed by atoms with E-state index < -0.39 is 8.80 Å². The van der Waals surface area contributed by atoms with Crippen molar-refractivity contribution in [1.29, 1.82) is 0 Å². The number of hydrogen-bond acceptors (Lipinski definition) is 3. The molecule has 1 aromatic heterocycles. The SMILES string of the molecule is CCO[Si](CCn1c2ccccc2c2ccccc21)(OCC)OCC. The van der Waals surface area contributed by atoms with E-state index in [0.29, 0.717) is 19.8 Å². The van der Waals surface area contributed by atoms with Crippen LogP contribution in [-0.4, -0.2) is 33.2 Å². The summed E-state index contributed by atoms with van der Waals surface area (Å²) in [5.41, 5.74) is 2.49. The van der Waals surface area contributed by atoms with E-state index in [2.05, 4.69) is 53.1 Å². The molecule has 0 N–H and O–H groups in total. The molecular weight excluding hydrogens is 330 g/mol. The molecule has 0 spiro atoms. The molecule has 4 nitrogen and oxygen atoms in total. The highest BCUT2D eigenvalue weighted by Crippen LogP contribution is 2.30. The zero-order valence-electron chi connectivity index (χ0n) is 15.3. The number of hydrogen-bond donors (Lipinski definition) is 0. The number of aryl methyl sites for hydroxylation is 1. The fourth-order valence-corrected chi connectivity index (χ4v) is 5.99. The van der Waals surface area contributed by atoms with E-state index in [1.54, 1.807) is 0 Å². The highest BCUT2D eigenvalue weighted by molar-refractivity contribution is 6.60. The molecule has 3 aromatic rings. The summed E-state index contributed by atoms with van der Waals surface area (Å²) >= 11 is 0. The summed E-state index contributed by atoms with van der Waals surface area (Å²) in [5, 5.41) is 2.57. The number of rotatable bonds is 9. The third-order valence-corrected chi connectivity index (χ3v) is 7.44. The van der Waals surface area contributed by atoms with Gasteiger partial charge in [0.2, 0.25) is 0 Å². The van der Waals surface area contributed by atoms with Gasteiger partial charge in [0.05, 0.1) is 0 Å². The lowest BCUT2D eigenvalue weighted by atomic mass is 10.2. The van der Waals surface area contributed by atoms with Crippen LogP contribution in [0.3, 0.4) is 0 Å². The Kier molecular flexibility index (Phi) is 5.91. The Hall–Kier alpha value is -1.66. The van der Waals surface area contributed by atoms with E-state index >= 15 is 0 Å². The summed E-state index contributed by atoms with van der Waals surface area (Å²) in [6.07, 6.45) is 0. The first kappa shape index (κ1) is 18.1. The van der Waals surface area contributed by atoms with Crippen molar-refractivity contribution in [3.63, 3.8) is 0 Å². The van der Waals surface area contributed by atoms with Gasteiger partial charge < -0.3 is 17.8 Å². The van der Waals surface area contributed by atoms with Crippen LogP contribution in [0.1, 0.15) is 20.8 Å². The second kappa shape index (κ2) is 8.14. The van der Waals surface area contributed by atoms with E-state index in [4.69, 9.17) is 13.3 Å². The minimum atomic E-state index is -2.65. The van der Waals surface area contributed by atoms with Crippen LogP contribution in [0.2, 0.25) is 6.04 Å². The molecule has 0 radical (unpaired) electrons. The van der Waals surface area contributed by atoms with Gasteiger partial charge in [0.1, 0.15) is 0 Å². The van der Waals surface area contributed by atoms with Crippen molar-refractivity contribution in [2.45, 2.75) is 33.4 Å². The Balaban J connectivity index is 1.98. The quantitative estimate of drug-likeness (QED) is 0.514. The van der Waals surface area contributed by atoms with Crippen LogP contribution in [0.5, 0.6) is 0 Å². The van der Waals surface area contributed by atoms with Gasteiger partial charge in [0.15, 0.2) is 0 Å². The molecule has 0 amide bonds.